The van der Waals surface area contributed by atoms with Crippen molar-refractivity contribution in [3.8, 4) is 0 Å². The first-order valence-electron chi connectivity index (χ1n) is 4.70. The molecule has 2 amide bonds. The van der Waals surface area contributed by atoms with Crippen molar-refractivity contribution in [1.82, 2.24) is 5.32 Å². The van der Waals surface area contributed by atoms with Crippen molar-refractivity contribution in [2.24, 2.45) is 0 Å². The summed E-state index contributed by atoms with van der Waals surface area (Å²) in [6.07, 6.45) is 1.37. The number of hydrogen-bond donors (Lipinski definition) is 2. The van der Waals surface area contributed by atoms with Crippen LogP contribution in [0.3, 0.4) is 0 Å². The second-order valence-corrected chi connectivity index (χ2v) is 3.05. The van der Waals surface area contributed by atoms with Gasteiger partial charge >= 0.3 is 11.8 Å². The highest BCUT2D eigenvalue weighted by atomic mass is 19.1. The van der Waals surface area contributed by atoms with E-state index in [0.29, 0.717) is 0 Å². The Morgan fingerprint density at radius 3 is 2.35 bits per heavy atom. The Balaban J connectivity index is 2.74. The van der Waals surface area contributed by atoms with Crippen molar-refractivity contribution >= 4 is 17.5 Å². The van der Waals surface area contributed by atoms with Crippen LogP contribution in [0.2, 0.25) is 0 Å². The van der Waals surface area contributed by atoms with Crippen molar-refractivity contribution in [2.45, 2.75) is 0 Å². The second kappa shape index (κ2) is 5.74. The van der Waals surface area contributed by atoms with E-state index in [1.54, 1.807) is 0 Å². The van der Waals surface area contributed by atoms with Gasteiger partial charge in [-0.25, -0.2) is 8.78 Å². The lowest BCUT2D eigenvalue weighted by Gasteiger charge is -2.06. The summed E-state index contributed by atoms with van der Waals surface area (Å²) in [7, 11) is 0. The topological polar surface area (TPSA) is 58.2 Å². The van der Waals surface area contributed by atoms with Crippen molar-refractivity contribution in [2.75, 3.05) is 11.9 Å². The third-order valence-corrected chi connectivity index (χ3v) is 1.81. The molecule has 6 heteroatoms. The third kappa shape index (κ3) is 3.37. The predicted molar refractivity (Wildman–Crippen MR) is 58.2 cm³/mol. The van der Waals surface area contributed by atoms with E-state index >= 15 is 0 Å². The number of amides is 2. The van der Waals surface area contributed by atoms with E-state index in [1.807, 2.05) is 5.32 Å². The van der Waals surface area contributed by atoms with Gasteiger partial charge in [-0.1, -0.05) is 12.1 Å². The molecule has 4 nitrogen and oxygen atoms in total. The molecule has 90 valence electrons. The average Bonchev–Trinajstić information content (AvgIpc) is 2.30. The minimum absolute atomic E-state index is 0.0893. The predicted octanol–water partition coefficient (Wildman–Crippen LogP) is 1.21. The molecule has 2 N–H and O–H groups in total. The molecule has 0 heterocycles. The van der Waals surface area contributed by atoms with E-state index in [2.05, 4.69) is 11.9 Å². The first kappa shape index (κ1) is 12.8. The van der Waals surface area contributed by atoms with Gasteiger partial charge in [0.25, 0.3) is 0 Å². The second-order valence-electron chi connectivity index (χ2n) is 3.05. The summed E-state index contributed by atoms with van der Waals surface area (Å²) in [5, 5.41) is 4.03. The average molecular weight is 240 g/mol. The molecule has 0 bridgehead atoms. The number of nitrogens with one attached hydrogen (secondary N) is 2. The van der Waals surface area contributed by atoms with Crippen LogP contribution < -0.4 is 10.6 Å². The van der Waals surface area contributed by atoms with Gasteiger partial charge in [0.2, 0.25) is 0 Å². The highest BCUT2D eigenvalue weighted by molar-refractivity contribution is 6.39. The first-order chi connectivity index (χ1) is 8.06. The Kier molecular flexibility index (Phi) is 4.33. The van der Waals surface area contributed by atoms with Crippen molar-refractivity contribution < 1.29 is 18.4 Å². The minimum Gasteiger partial charge on any atom is -0.344 e. The third-order valence-electron chi connectivity index (χ3n) is 1.81. The number of carbonyl (C=O) groups is 2. The summed E-state index contributed by atoms with van der Waals surface area (Å²) in [6.45, 7) is 3.43. The fourth-order valence-corrected chi connectivity index (χ4v) is 1.03. The van der Waals surface area contributed by atoms with Gasteiger partial charge in [0.1, 0.15) is 17.3 Å². The van der Waals surface area contributed by atoms with E-state index in [9.17, 15) is 18.4 Å². The lowest BCUT2D eigenvalue weighted by molar-refractivity contribution is -0.136. The molecule has 0 atom stereocenters. The van der Waals surface area contributed by atoms with Crippen LogP contribution in [0.15, 0.2) is 30.9 Å². The van der Waals surface area contributed by atoms with Crippen LogP contribution in [-0.2, 0) is 9.59 Å². The molecule has 0 fully saturated rings. The molecule has 0 aliphatic heterocycles. The van der Waals surface area contributed by atoms with E-state index in [1.165, 1.54) is 6.08 Å². The van der Waals surface area contributed by atoms with Gasteiger partial charge in [0.15, 0.2) is 0 Å². The van der Waals surface area contributed by atoms with Crippen LogP contribution in [0.5, 0.6) is 0 Å². The Morgan fingerprint density at radius 2 is 1.82 bits per heavy atom. The molecule has 0 unspecified atom stereocenters. The number of anilines is 1. The molecule has 0 aromatic heterocycles. The van der Waals surface area contributed by atoms with E-state index < -0.39 is 29.1 Å². The Bertz CT molecular complexity index is 441. The van der Waals surface area contributed by atoms with Gasteiger partial charge in [-0.05, 0) is 12.1 Å². The van der Waals surface area contributed by atoms with Gasteiger partial charge in [-0.15, -0.1) is 6.58 Å². The molecule has 1 aromatic rings. The number of para-hydroxylation sites is 1. The minimum atomic E-state index is -1.14. The molecule has 0 aliphatic carbocycles. The number of carbonyl (C=O) groups excluding carboxylic acids is 2. The van der Waals surface area contributed by atoms with E-state index in [4.69, 9.17) is 0 Å². The molecule has 0 aliphatic rings. The van der Waals surface area contributed by atoms with Gasteiger partial charge in [-0.2, -0.15) is 0 Å². The smallest absolute Gasteiger partial charge is 0.313 e. The van der Waals surface area contributed by atoms with E-state index in [0.717, 1.165) is 18.2 Å². The molecular formula is C11H10F2N2O2. The fourth-order valence-electron chi connectivity index (χ4n) is 1.03. The van der Waals surface area contributed by atoms with Crippen LogP contribution in [0.4, 0.5) is 14.5 Å². The molecule has 0 spiro atoms. The highest BCUT2D eigenvalue weighted by Crippen LogP contribution is 2.17. The molecule has 17 heavy (non-hydrogen) atoms. The number of rotatable bonds is 3. The summed E-state index contributed by atoms with van der Waals surface area (Å²) in [4.78, 5) is 22.3. The Labute approximate surface area is 96.3 Å². The maximum Gasteiger partial charge on any atom is 0.313 e. The highest BCUT2D eigenvalue weighted by Gasteiger charge is 2.17. The van der Waals surface area contributed by atoms with Crippen LogP contribution in [0.25, 0.3) is 0 Å². The van der Waals surface area contributed by atoms with Gasteiger partial charge in [0, 0.05) is 6.54 Å². The summed E-state index contributed by atoms with van der Waals surface area (Å²) >= 11 is 0. The largest absolute Gasteiger partial charge is 0.344 e. The lowest BCUT2D eigenvalue weighted by atomic mass is 10.3. The van der Waals surface area contributed by atoms with Crippen LogP contribution >= 0.6 is 0 Å². The van der Waals surface area contributed by atoms with Crippen LogP contribution in [-0.4, -0.2) is 18.4 Å². The monoisotopic (exact) mass is 240 g/mol. The van der Waals surface area contributed by atoms with E-state index in [-0.39, 0.29) is 6.54 Å². The molecular weight excluding hydrogens is 230 g/mol. The normalized spacial score (nSPS) is 9.53. The number of hydrogen-bond acceptors (Lipinski definition) is 2. The summed E-state index contributed by atoms with van der Waals surface area (Å²) in [5.74, 6) is -4.03. The summed E-state index contributed by atoms with van der Waals surface area (Å²) in [6, 6.07) is 3.10. The Hall–Kier alpha value is -2.24. The van der Waals surface area contributed by atoms with Crippen molar-refractivity contribution in [1.29, 1.82) is 0 Å². The molecule has 0 saturated heterocycles. The molecule has 1 rings (SSSR count). The van der Waals surface area contributed by atoms with Gasteiger partial charge in [0.05, 0.1) is 0 Å². The van der Waals surface area contributed by atoms with Crippen LogP contribution in [0, 0.1) is 11.6 Å². The summed E-state index contributed by atoms with van der Waals surface area (Å²) < 4.78 is 26.2. The van der Waals surface area contributed by atoms with Crippen molar-refractivity contribution in [3.63, 3.8) is 0 Å². The molecule has 0 saturated carbocycles. The molecule has 1 aromatic carbocycles. The quantitative estimate of drug-likeness (QED) is 0.616. The van der Waals surface area contributed by atoms with Crippen molar-refractivity contribution in [3.05, 3.63) is 42.5 Å². The van der Waals surface area contributed by atoms with Gasteiger partial charge in [-0.3, -0.25) is 9.59 Å². The lowest BCUT2D eigenvalue weighted by Crippen LogP contribution is -2.35. The maximum atomic E-state index is 13.1. The zero-order valence-corrected chi connectivity index (χ0v) is 8.80. The SMILES string of the molecule is C=CCNC(=O)C(=O)Nc1c(F)cccc1F. The number of benzene rings is 1. The Morgan fingerprint density at radius 1 is 1.24 bits per heavy atom. The fraction of sp³-hybridized carbons (Fsp3) is 0.0909. The van der Waals surface area contributed by atoms with Crippen LogP contribution in [0.1, 0.15) is 0 Å². The summed E-state index contributed by atoms with van der Waals surface area (Å²) in [5.41, 5.74) is -0.647. The number of halogens is 2. The van der Waals surface area contributed by atoms with Gasteiger partial charge < -0.3 is 10.6 Å². The maximum absolute atomic E-state index is 13.1. The zero-order valence-electron chi connectivity index (χ0n) is 8.80. The zero-order chi connectivity index (χ0) is 12.8. The standard InChI is InChI=1S/C11H10F2N2O2/c1-2-6-14-10(16)11(17)15-9-7(12)4-3-5-8(9)13/h2-5H,1,6H2,(H,14,16)(H,15,17). The molecule has 0 radical (unpaired) electrons. The first-order valence-corrected chi connectivity index (χ1v) is 4.70.